The summed E-state index contributed by atoms with van der Waals surface area (Å²) in [4.78, 5) is 0. The normalized spacial score (nSPS) is 13.3. The van der Waals surface area contributed by atoms with Crippen LogP contribution in [-0.2, 0) is 4.43 Å². The Hall–Kier alpha value is -1.84. The van der Waals surface area contributed by atoms with Crippen LogP contribution in [0.5, 0.6) is 5.75 Å². The molecule has 1 atom stereocenters. The summed E-state index contributed by atoms with van der Waals surface area (Å²) in [5, 5.41) is 0. The summed E-state index contributed by atoms with van der Waals surface area (Å²) < 4.78 is 11.6. The summed E-state index contributed by atoms with van der Waals surface area (Å²) in [6.45, 7) is 6.62. The van der Waals surface area contributed by atoms with E-state index in [1.807, 2.05) is 30.3 Å². The van der Waals surface area contributed by atoms with Crippen molar-refractivity contribution in [2.75, 3.05) is 7.11 Å². The molecule has 2 aromatic rings. The van der Waals surface area contributed by atoms with Crippen molar-refractivity contribution in [3.63, 3.8) is 0 Å². The Balaban J connectivity index is 2.23. The van der Waals surface area contributed by atoms with Gasteiger partial charge >= 0.3 is 0 Å². The van der Waals surface area contributed by atoms with Crippen molar-refractivity contribution in [3.8, 4) is 5.75 Å². The van der Waals surface area contributed by atoms with Gasteiger partial charge in [-0.25, -0.2) is 0 Å². The van der Waals surface area contributed by atoms with E-state index in [1.54, 1.807) is 7.11 Å². The summed E-state index contributed by atoms with van der Waals surface area (Å²) >= 11 is 0. The van der Waals surface area contributed by atoms with Crippen LogP contribution in [0.2, 0.25) is 19.6 Å². The smallest absolute Gasteiger partial charge is 0.185 e. The van der Waals surface area contributed by atoms with Crippen LogP contribution < -0.4 is 4.74 Å². The largest absolute Gasteiger partial charge is 0.497 e. The monoisotopic (exact) mass is 312 g/mol. The van der Waals surface area contributed by atoms with E-state index in [9.17, 15) is 0 Å². The fraction of sp³-hybridized carbons (Fsp3) is 0.263. The van der Waals surface area contributed by atoms with Gasteiger partial charge in [0, 0.05) is 0 Å². The minimum Gasteiger partial charge on any atom is -0.497 e. The predicted octanol–water partition coefficient (Wildman–Crippen LogP) is 5.30. The first-order chi connectivity index (χ1) is 10.5. The molecule has 0 bridgehead atoms. The van der Waals surface area contributed by atoms with E-state index >= 15 is 0 Å². The average Bonchev–Trinajstić information content (AvgIpc) is 2.51. The van der Waals surface area contributed by atoms with Gasteiger partial charge < -0.3 is 9.16 Å². The summed E-state index contributed by atoms with van der Waals surface area (Å²) in [6, 6.07) is 18.4. The van der Waals surface area contributed by atoms with Crippen LogP contribution in [0.25, 0.3) is 6.08 Å². The molecule has 2 rings (SSSR count). The SMILES string of the molecule is COc1ccc(C(/C=C/c2ccccc2)O[Si](C)(C)C)cc1. The van der Waals surface area contributed by atoms with E-state index in [-0.39, 0.29) is 6.10 Å². The second-order valence-electron chi connectivity index (χ2n) is 6.19. The van der Waals surface area contributed by atoms with Crippen molar-refractivity contribution in [2.24, 2.45) is 0 Å². The molecule has 2 aromatic carbocycles. The average molecular weight is 312 g/mol. The van der Waals surface area contributed by atoms with E-state index in [0.29, 0.717) is 0 Å². The van der Waals surface area contributed by atoms with Crippen LogP contribution in [0.1, 0.15) is 17.2 Å². The first-order valence-corrected chi connectivity index (χ1v) is 10.9. The number of hydrogen-bond donors (Lipinski definition) is 0. The molecule has 0 saturated carbocycles. The van der Waals surface area contributed by atoms with E-state index in [2.05, 4.69) is 56.1 Å². The van der Waals surface area contributed by atoms with Crippen molar-refractivity contribution in [1.29, 1.82) is 0 Å². The zero-order valence-corrected chi connectivity index (χ0v) is 14.7. The molecule has 3 heteroatoms. The molecule has 116 valence electrons. The van der Waals surface area contributed by atoms with Crippen LogP contribution in [-0.4, -0.2) is 15.4 Å². The molecule has 0 spiro atoms. The standard InChI is InChI=1S/C19H24O2Si/c1-20-18-13-11-17(12-14-18)19(21-22(2,3)4)15-10-16-8-6-5-7-9-16/h5-15,19H,1-4H3/b15-10+. The quantitative estimate of drug-likeness (QED) is 0.674. The predicted molar refractivity (Wildman–Crippen MR) is 95.6 cm³/mol. The van der Waals surface area contributed by atoms with Gasteiger partial charge in [-0.3, -0.25) is 0 Å². The summed E-state index contributed by atoms with van der Waals surface area (Å²) in [5.74, 6) is 0.863. The summed E-state index contributed by atoms with van der Waals surface area (Å²) in [6.07, 6.45) is 4.22. The Kier molecular flexibility index (Phi) is 5.58. The minimum absolute atomic E-state index is 0.0298. The molecule has 0 saturated heterocycles. The van der Waals surface area contributed by atoms with Gasteiger partial charge in [0.2, 0.25) is 0 Å². The fourth-order valence-corrected chi connectivity index (χ4v) is 3.13. The lowest BCUT2D eigenvalue weighted by molar-refractivity contribution is 0.248. The van der Waals surface area contributed by atoms with E-state index in [4.69, 9.17) is 9.16 Å². The van der Waals surface area contributed by atoms with Crippen molar-refractivity contribution in [1.82, 2.24) is 0 Å². The van der Waals surface area contributed by atoms with Crippen LogP contribution >= 0.6 is 0 Å². The molecule has 0 aliphatic heterocycles. The fourth-order valence-electron chi connectivity index (χ4n) is 2.16. The van der Waals surface area contributed by atoms with Gasteiger partial charge in [-0.15, -0.1) is 0 Å². The third-order valence-electron chi connectivity index (χ3n) is 3.19. The van der Waals surface area contributed by atoms with Crippen molar-refractivity contribution >= 4 is 14.4 Å². The van der Waals surface area contributed by atoms with Gasteiger partial charge in [-0.2, -0.15) is 0 Å². The van der Waals surface area contributed by atoms with Gasteiger partial charge in [-0.05, 0) is 42.9 Å². The lowest BCUT2D eigenvalue weighted by Gasteiger charge is -2.24. The maximum atomic E-state index is 6.33. The van der Waals surface area contributed by atoms with Crippen molar-refractivity contribution in [2.45, 2.75) is 25.7 Å². The van der Waals surface area contributed by atoms with E-state index in [0.717, 1.165) is 11.3 Å². The molecule has 22 heavy (non-hydrogen) atoms. The number of benzene rings is 2. The van der Waals surface area contributed by atoms with Gasteiger partial charge in [-0.1, -0.05) is 54.6 Å². The van der Waals surface area contributed by atoms with E-state index < -0.39 is 8.32 Å². The second kappa shape index (κ2) is 7.43. The number of methoxy groups -OCH3 is 1. The highest BCUT2D eigenvalue weighted by Crippen LogP contribution is 2.26. The third-order valence-corrected chi connectivity index (χ3v) is 4.15. The number of ether oxygens (including phenoxy) is 1. The third kappa shape index (κ3) is 5.17. The molecule has 0 aliphatic carbocycles. The first-order valence-electron chi connectivity index (χ1n) is 7.53. The zero-order valence-electron chi connectivity index (χ0n) is 13.7. The first kappa shape index (κ1) is 16.5. The molecule has 0 fully saturated rings. The summed E-state index contributed by atoms with van der Waals surface area (Å²) in [7, 11) is 0.0353. The maximum Gasteiger partial charge on any atom is 0.185 e. The maximum absolute atomic E-state index is 6.33. The molecule has 0 amide bonds. The van der Waals surface area contributed by atoms with Gasteiger partial charge in [0.1, 0.15) is 5.75 Å². The molecule has 0 aromatic heterocycles. The second-order valence-corrected chi connectivity index (χ2v) is 10.7. The molecule has 1 unspecified atom stereocenters. The van der Waals surface area contributed by atoms with Gasteiger partial charge in [0.25, 0.3) is 0 Å². The zero-order chi connectivity index (χ0) is 16.0. The highest BCUT2D eigenvalue weighted by molar-refractivity contribution is 6.69. The summed E-state index contributed by atoms with van der Waals surface area (Å²) in [5.41, 5.74) is 2.33. The van der Waals surface area contributed by atoms with Crippen LogP contribution in [0.3, 0.4) is 0 Å². The highest BCUT2D eigenvalue weighted by atomic mass is 28.4. The molecule has 2 nitrogen and oxygen atoms in total. The number of rotatable bonds is 6. The molecular formula is C19H24O2Si. The molecular weight excluding hydrogens is 288 g/mol. The molecule has 0 radical (unpaired) electrons. The Labute approximate surface area is 134 Å². The van der Waals surface area contributed by atoms with Crippen molar-refractivity contribution in [3.05, 3.63) is 71.8 Å². The minimum atomic E-state index is -1.65. The Bertz CT molecular complexity index is 598. The Morgan fingerprint density at radius 3 is 2.09 bits per heavy atom. The van der Waals surface area contributed by atoms with Crippen molar-refractivity contribution < 1.29 is 9.16 Å². The van der Waals surface area contributed by atoms with Gasteiger partial charge in [0.05, 0.1) is 13.2 Å². The Morgan fingerprint density at radius 2 is 1.55 bits per heavy atom. The van der Waals surface area contributed by atoms with E-state index in [1.165, 1.54) is 5.56 Å². The lowest BCUT2D eigenvalue weighted by atomic mass is 10.1. The molecule has 0 N–H and O–H groups in total. The van der Waals surface area contributed by atoms with Crippen LogP contribution in [0.15, 0.2) is 60.7 Å². The van der Waals surface area contributed by atoms with Gasteiger partial charge in [0.15, 0.2) is 8.32 Å². The molecule has 0 heterocycles. The van der Waals surface area contributed by atoms with Crippen LogP contribution in [0.4, 0.5) is 0 Å². The number of hydrogen-bond acceptors (Lipinski definition) is 2. The Morgan fingerprint density at radius 1 is 0.909 bits per heavy atom. The molecule has 0 aliphatic rings. The highest BCUT2D eigenvalue weighted by Gasteiger charge is 2.20. The van der Waals surface area contributed by atoms with Crippen LogP contribution in [0, 0.1) is 0 Å². The lowest BCUT2D eigenvalue weighted by Crippen LogP contribution is -2.27. The topological polar surface area (TPSA) is 18.5 Å².